The Morgan fingerprint density at radius 3 is 2.23 bits per heavy atom. The van der Waals surface area contributed by atoms with E-state index in [1.54, 1.807) is 42.7 Å². The van der Waals surface area contributed by atoms with E-state index in [0.29, 0.717) is 28.4 Å². The number of aromatic nitrogens is 1. The molecule has 0 unspecified atom stereocenters. The molecule has 0 atom stereocenters. The number of halogens is 3. The molecule has 3 aromatic rings. The monoisotopic (exact) mass is 431 g/mol. The quantitative estimate of drug-likeness (QED) is 0.493. The molecule has 7 heteroatoms. The highest BCUT2D eigenvalue weighted by atomic mass is 35.5. The Kier molecular flexibility index (Phi) is 6.37. The van der Waals surface area contributed by atoms with E-state index in [1.807, 2.05) is 6.92 Å². The minimum atomic E-state index is -1.07. The molecule has 4 nitrogen and oxygen atoms in total. The van der Waals surface area contributed by atoms with Crippen molar-refractivity contribution >= 4 is 17.6 Å². The summed E-state index contributed by atoms with van der Waals surface area (Å²) in [6.07, 6.45) is 0. The molecule has 0 aliphatic carbocycles. The zero-order valence-corrected chi connectivity index (χ0v) is 17.5. The summed E-state index contributed by atoms with van der Waals surface area (Å²) >= 11 is 5.97. The molecule has 0 amide bonds. The molecule has 156 valence electrons. The van der Waals surface area contributed by atoms with E-state index in [4.69, 9.17) is 16.3 Å². The number of carbonyl (C=O) groups is 1. The van der Waals surface area contributed by atoms with Gasteiger partial charge in [0.15, 0.2) is 11.6 Å². The Morgan fingerprint density at radius 2 is 1.67 bits per heavy atom. The van der Waals surface area contributed by atoms with Crippen molar-refractivity contribution in [2.24, 2.45) is 0 Å². The molecule has 1 aromatic heterocycles. The molecule has 0 spiro atoms. The van der Waals surface area contributed by atoms with Crippen molar-refractivity contribution in [1.29, 1.82) is 0 Å². The Bertz CT molecular complexity index is 1170. The Hall–Kier alpha value is -2.99. The van der Waals surface area contributed by atoms with Gasteiger partial charge in [0.2, 0.25) is 5.43 Å². The summed E-state index contributed by atoms with van der Waals surface area (Å²) in [5, 5.41) is 0.510. The number of hydrogen-bond donors (Lipinski definition) is 0. The Labute approximate surface area is 177 Å². The zero-order chi connectivity index (χ0) is 22.0. The van der Waals surface area contributed by atoms with Crippen molar-refractivity contribution in [1.82, 2.24) is 4.57 Å². The maximum Gasteiger partial charge on any atom is 0.344 e. The topological polar surface area (TPSA) is 48.3 Å². The fourth-order valence-electron chi connectivity index (χ4n) is 3.52. The molecule has 0 bridgehead atoms. The number of esters is 1. The average molecular weight is 432 g/mol. The van der Waals surface area contributed by atoms with Gasteiger partial charge in [-0.05, 0) is 56.7 Å². The van der Waals surface area contributed by atoms with Crippen LogP contribution in [0, 0.1) is 18.6 Å². The van der Waals surface area contributed by atoms with E-state index < -0.39 is 23.0 Å². The first-order valence-corrected chi connectivity index (χ1v) is 9.83. The predicted octanol–water partition coefficient (Wildman–Crippen LogP) is 5.62. The van der Waals surface area contributed by atoms with E-state index in [0.717, 1.165) is 12.1 Å². The zero-order valence-electron chi connectivity index (χ0n) is 16.8. The van der Waals surface area contributed by atoms with Gasteiger partial charge in [-0.3, -0.25) is 4.79 Å². The van der Waals surface area contributed by atoms with Crippen LogP contribution in [-0.4, -0.2) is 17.1 Å². The molecule has 3 rings (SSSR count). The van der Waals surface area contributed by atoms with Gasteiger partial charge in [-0.15, -0.1) is 0 Å². The van der Waals surface area contributed by atoms with Crippen LogP contribution in [0.15, 0.2) is 47.3 Å². The maximum atomic E-state index is 14.0. The molecule has 0 N–H and O–H groups in total. The van der Waals surface area contributed by atoms with Crippen molar-refractivity contribution in [2.45, 2.75) is 27.3 Å². The SMILES string of the molecule is CCOC(=O)c1c(-c2ccc(F)c(F)c2)n(CC)c(C)c(-c2ccc(Cl)cc2)c1=O. The molecule has 0 radical (unpaired) electrons. The van der Waals surface area contributed by atoms with E-state index in [-0.39, 0.29) is 23.4 Å². The van der Waals surface area contributed by atoms with Crippen molar-refractivity contribution in [3.05, 3.63) is 80.6 Å². The third-order valence-electron chi connectivity index (χ3n) is 4.85. The summed E-state index contributed by atoms with van der Waals surface area (Å²) in [6.45, 7) is 5.65. The van der Waals surface area contributed by atoms with Crippen LogP contribution >= 0.6 is 11.6 Å². The molecule has 30 heavy (non-hydrogen) atoms. The van der Waals surface area contributed by atoms with Gasteiger partial charge >= 0.3 is 5.97 Å². The second kappa shape index (κ2) is 8.79. The number of benzene rings is 2. The number of hydrogen-bond acceptors (Lipinski definition) is 3. The first-order chi connectivity index (χ1) is 14.3. The van der Waals surface area contributed by atoms with Gasteiger partial charge in [-0.2, -0.15) is 0 Å². The van der Waals surface area contributed by atoms with Crippen LogP contribution in [0.4, 0.5) is 8.78 Å². The number of pyridine rings is 1. The van der Waals surface area contributed by atoms with Crippen LogP contribution in [0.25, 0.3) is 22.4 Å². The summed E-state index contributed by atoms with van der Waals surface area (Å²) in [5.41, 5.74) is 1.13. The number of carbonyl (C=O) groups excluding carboxylic acids is 1. The largest absolute Gasteiger partial charge is 0.462 e. The second-order valence-corrected chi connectivity index (χ2v) is 7.05. The minimum Gasteiger partial charge on any atom is -0.462 e. The second-order valence-electron chi connectivity index (χ2n) is 6.61. The lowest BCUT2D eigenvalue weighted by Gasteiger charge is -2.22. The number of nitrogens with zero attached hydrogens (tertiary/aromatic N) is 1. The van der Waals surface area contributed by atoms with Gasteiger partial charge in [-0.1, -0.05) is 23.7 Å². The van der Waals surface area contributed by atoms with Crippen molar-refractivity contribution < 1.29 is 18.3 Å². The normalized spacial score (nSPS) is 10.9. The molecular weight excluding hydrogens is 412 g/mol. The predicted molar refractivity (Wildman–Crippen MR) is 113 cm³/mol. The van der Waals surface area contributed by atoms with Crippen LogP contribution in [0.5, 0.6) is 0 Å². The lowest BCUT2D eigenvalue weighted by atomic mass is 9.96. The van der Waals surface area contributed by atoms with Crippen LogP contribution < -0.4 is 5.43 Å². The van der Waals surface area contributed by atoms with E-state index in [1.165, 1.54) is 6.07 Å². The molecular formula is C23H20ClF2NO3. The fraction of sp³-hybridized carbons (Fsp3) is 0.217. The van der Waals surface area contributed by atoms with Gasteiger partial charge in [0, 0.05) is 28.4 Å². The highest BCUT2D eigenvalue weighted by molar-refractivity contribution is 6.30. The van der Waals surface area contributed by atoms with E-state index in [9.17, 15) is 18.4 Å². The fourth-order valence-corrected chi connectivity index (χ4v) is 3.65. The molecule has 1 heterocycles. The summed E-state index contributed by atoms with van der Waals surface area (Å²) in [4.78, 5) is 26.3. The molecule has 0 aliphatic heterocycles. The van der Waals surface area contributed by atoms with Gasteiger partial charge < -0.3 is 9.30 Å². The van der Waals surface area contributed by atoms with Crippen LogP contribution in [0.1, 0.15) is 29.9 Å². The highest BCUT2D eigenvalue weighted by Crippen LogP contribution is 2.31. The number of rotatable bonds is 5. The minimum absolute atomic E-state index is 0.0613. The Morgan fingerprint density at radius 1 is 1.03 bits per heavy atom. The third-order valence-corrected chi connectivity index (χ3v) is 5.10. The standard InChI is InChI=1S/C23H20ClF2NO3/c1-4-27-13(3)19(14-6-9-16(24)10-7-14)22(28)20(23(29)30-5-2)21(27)15-8-11-17(25)18(26)12-15/h6-12H,4-5H2,1-3H3. The molecule has 0 fully saturated rings. The molecule has 0 saturated heterocycles. The molecule has 0 aliphatic rings. The molecule has 0 saturated carbocycles. The van der Waals surface area contributed by atoms with Crippen molar-refractivity contribution in [3.63, 3.8) is 0 Å². The van der Waals surface area contributed by atoms with Gasteiger partial charge in [0.1, 0.15) is 5.56 Å². The highest BCUT2D eigenvalue weighted by Gasteiger charge is 2.27. The van der Waals surface area contributed by atoms with Crippen molar-refractivity contribution in [3.8, 4) is 22.4 Å². The third kappa shape index (κ3) is 3.87. The lowest BCUT2D eigenvalue weighted by Crippen LogP contribution is -2.26. The van der Waals surface area contributed by atoms with Crippen LogP contribution in [-0.2, 0) is 11.3 Å². The smallest absolute Gasteiger partial charge is 0.344 e. The van der Waals surface area contributed by atoms with Gasteiger partial charge in [0.25, 0.3) is 0 Å². The van der Waals surface area contributed by atoms with Crippen molar-refractivity contribution in [2.75, 3.05) is 6.61 Å². The summed E-state index contributed by atoms with van der Waals surface area (Å²) < 4.78 is 34.3. The van der Waals surface area contributed by atoms with Crippen LogP contribution in [0.3, 0.4) is 0 Å². The van der Waals surface area contributed by atoms with E-state index >= 15 is 0 Å². The van der Waals surface area contributed by atoms with E-state index in [2.05, 4.69) is 0 Å². The van der Waals surface area contributed by atoms with Gasteiger partial charge in [0.05, 0.1) is 12.3 Å². The van der Waals surface area contributed by atoms with Gasteiger partial charge in [-0.25, -0.2) is 13.6 Å². The summed E-state index contributed by atoms with van der Waals surface area (Å²) in [6, 6.07) is 9.96. The lowest BCUT2D eigenvalue weighted by molar-refractivity contribution is 0.0525. The average Bonchev–Trinajstić information content (AvgIpc) is 2.71. The first-order valence-electron chi connectivity index (χ1n) is 9.46. The summed E-state index contributed by atoms with van der Waals surface area (Å²) in [7, 11) is 0. The first kappa shape index (κ1) is 21.7. The summed E-state index contributed by atoms with van der Waals surface area (Å²) in [5.74, 6) is -2.91. The Balaban J connectivity index is 2.44. The maximum absolute atomic E-state index is 14.0. The molecule has 2 aromatic carbocycles. The van der Waals surface area contributed by atoms with Crippen LogP contribution in [0.2, 0.25) is 5.02 Å². The number of ether oxygens (including phenoxy) is 1.